The zero-order valence-electron chi connectivity index (χ0n) is 11.5. The molecule has 0 aliphatic carbocycles. The van der Waals surface area contributed by atoms with Crippen LogP contribution >= 0.6 is 0 Å². The Bertz CT molecular complexity index is 713. The van der Waals surface area contributed by atoms with E-state index in [2.05, 4.69) is 0 Å². The van der Waals surface area contributed by atoms with E-state index in [1.54, 1.807) is 12.5 Å². The fourth-order valence-electron chi connectivity index (χ4n) is 2.57. The van der Waals surface area contributed by atoms with Crippen LogP contribution in [0.5, 0.6) is 0 Å². The number of aromatic nitrogens is 3. The summed E-state index contributed by atoms with van der Waals surface area (Å²) in [6.45, 7) is 1.48. The average Bonchev–Trinajstić information content (AvgIpc) is 3.27. The second-order valence-corrected chi connectivity index (χ2v) is 5.11. The average molecular weight is 281 g/mol. The number of rotatable bonds is 3. The predicted molar refractivity (Wildman–Crippen MR) is 77.2 cm³/mol. The summed E-state index contributed by atoms with van der Waals surface area (Å²) in [6.07, 6.45) is 4.32. The van der Waals surface area contributed by atoms with E-state index >= 15 is 0 Å². The highest BCUT2D eigenvalue weighted by Gasteiger charge is 2.24. The van der Waals surface area contributed by atoms with Crippen molar-refractivity contribution in [1.29, 1.82) is 0 Å². The first-order valence-electron chi connectivity index (χ1n) is 7.04. The molecule has 5 heteroatoms. The Labute approximate surface area is 122 Å². The Hall–Kier alpha value is -2.40. The monoisotopic (exact) mass is 281 g/mol. The number of para-hydroxylation sites is 1. The molecule has 5 nitrogen and oxygen atoms in total. The van der Waals surface area contributed by atoms with Gasteiger partial charge in [-0.25, -0.2) is 9.67 Å². The summed E-state index contributed by atoms with van der Waals surface area (Å²) in [4.78, 5) is 4.72. The molecule has 1 aliphatic rings. The number of benzene rings is 1. The van der Waals surface area contributed by atoms with Crippen molar-refractivity contribution in [2.24, 2.45) is 0 Å². The molecule has 2 aromatic heterocycles. The van der Waals surface area contributed by atoms with Crippen LogP contribution in [0, 0.1) is 0 Å². The van der Waals surface area contributed by atoms with Crippen molar-refractivity contribution < 1.29 is 9.15 Å². The molecule has 1 saturated heterocycles. The van der Waals surface area contributed by atoms with Gasteiger partial charge in [0.15, 0.2) is 11.6 Å². The van der Waals surface area contributed by atoms with E-state index in [-0.39, 0.29) is 5.92 Å². The Morgan fingerprint density at radius 3 is 2.76 bits per heavy atom. The third-order valence-corrected chi connectivity index (χ3v) is 3.70. The molecule has 3 heterocycles. The lowest BCUT2D eigenvalue weighted by atomic mass is 10.1. The summed E-state index contributed by atoms with van der Waals surface area (Å²) in [5.41, 5.74) is 1.92. The summed E-state index contributed by atoms with van der Waals surface area (Å²) < 4.78 is 12.5. The Morgan fingerprint density at radius 2 is 2.05 bits per heavy atom. The third kappa shape index (κ3) is 2.25. The molecule has 21 heavy (non-hydrogen) atoms. The highest BCUT2D eigenvalue weighted by molar-refractivity contribution is 5.56. The van der Waals surface area contributed by atoms with Crippen LogP contribution < -0.4 is 0 Å². The molecule has 1 unspecified atom stereocenters. The SMILES string of the molecule is c1ccc(-n2nc(C3CCOC3)nc2-c2ccoc2)cc1. The minimum Gasteiger partial charge on any atom is -0.472 e. The van der Waals surface area contributed by atoms with E-state index in [1.165, 1.54) is 0 Å². The number of hydrogen-bond acceptors (Lipinski definition) is 4. The van der Waals surface area contributed by atoms with Crippen LogP contribution in [0.25, 0.3) is 17.1 Å². The summed E-state index contributed by atoms with van der Waals surface area (Å²) in [7, 11) is 0. The van der Waals surface area contributed by atoms with Gasteiger partial charge in [-0.2, -0.15) is 5.10 Å². The van der Waals surface area contributed by atoms with Crippen LogP contribution in [0.4, 0.5) is 0 Å². The van der Waals surface area contributed by atoms with Crippen molar-refractivity contribution in [3.8, 4) is 17.1 Å². The molecule has 1 fully saturated rings. The van der Waals surface area contributed by atoms with Gasteiger partial charge >= 0.3 is 0 Å². The number of hydrogen-bond donors (Lipinski definition) is 0. The topological polar surface area (TPSA) is 53.1 Å². The Balaban J connectivity index is 1.83. The maximum atomic E-state index is 5.45. The molecule has 0 bridgehead atoms. The quantitative estimate of drug-likeness (QED) is 0.740. The Morgan fingerprint density at radius 1 is 1.14 bits per heavy atom. The fraction of sp³-hybridized carbons (Fsp3) is 0.250. The first-order chi connectivity index (χ1) is 10.4. The van der Waals surface area contributed by atoms with E-state index < -0.39 is 0 Å². The van der Waals surface area contributed by atoms with E-state index in [4.69, 9.17) is 19.2 Å². The van der Waals surface area contributed by atoms with Crippen molar-refractivity contribution >= 4 is 0 Å². The number of furan rings is 1. The zero-order valence-corrected chi connectivity index (χ0v) is 11.5. The predicted octanol–water partition coefficient (Wildman–Crippen LogP) is 3.03. The normalized spacial score (nSPS) is 18.2. The van der Waals surface area contributed by atoms with Crippen LogP contribution in [-0.2, 0) is 4.74 Å². The van der Waals surface area contributed by atoms with Gasteiger partial charge in [-0.3, -0.25) is 0 Å². The standard InChI is InChI=1S/C16H15N3O2/c1-2-4-14(5-3-1)19-16(13-7-9-21-11-13)17-15(18-19)12-6-8-20-10-12/h1-5,7,9,11-12H,6,8,10H2. The first kappa shape index (κ1) is 12.3. The lowest BCUT2D eigenvalue weighted by molar-refractivity contribution is 0.193. The summed E-state index contributed by atoms with van der Waals surface area (Å²) in [6, 6.07) is 11.9. The van der Waals surface area contributed by atoms with Gasteiger partial charge in [0.25, 0.3) is 0 Å². The Kier molecular flexibility index (Phi) is 3.05. The summed E-state index contributed by atoms with van der Waals surface area (Å²) >= 11 is 0. The second kappa shape index (κ2) is 5.18. The van der Waals surface area contributed by atoms with Crippen molar-refractivity contribution in [2.75, 3.05) is 13.2 Å². The fourth-order valence-corrected chi connectivity index (χ4v) is 2.57. The molecular formula is C16H15N3O2. The van der Waals surface area contributed by atoms with Crippen LogP contribution in [-0.4, -0.2) is 28.0 Å². The van der Waals surface area contributed by atoms with Crippen LogP contribution in [0.1, 0.15) is 18.2 Å². The van der Waals surface area contributed by atoms with Gasteiger partial charge in [-0.1, -0.05) is 18.2 Å². The van der Waals surface area contributed by atoms with Crippen molar-refractivity contribution in [1.82, 2.24) is 14.8 Å². The van der Waals surface area contributed by atoms with Gasteiger partial charge in [0, 0.05) is 12.5 Å². The number of ether oxygens (including phenoxy) is 1. The first-order valence-corrected chi connectivity index (χ1v) is 7.04. The smallest absolute Gasteiger partial charge is 0.166 e. The lowest BCUT2D eigenvalue weighted by Crippen LogP contribution is -2.02. The molecule has 0 spiro atoms. The molecule has 0 N–H and O–H groups in total. The lowest BCUT2D eigenvalue weighted by Gasteiger charge is -2.03. The van der Waals surface area contributed by atoms with Crippen molar-refractivity contribution in [3.63, 3.8) is 0 Å². The third-order valence-electron chi connectivity index (χ3n) is 3.70. The second-order valence-electron chi connectivity index (χ2n) is 5.11. The van der Waals surface area contributed by atoms with Crippen LogP contribution in [0.3, 0.4) is 0 Å². The van der Waals surface area contributed by atoms with Crippen molar-refractivity contribution in [2.45, 2.75) is 12.3 Å². The maximum Gasteiger partial charge on any atom is 0.166 e. The van der Waals surface area contributed by atoms with Gasteiger partial charge in [0.2, 0.25) is 0 Å². The van der Waals surface area contributed by atoms with Crippen LogP contribution in [0.15, 0.2) is 53.3 Å². The minimum absolute atomic E-state index is 0.278. The van der Waals surface area contributed by atoms with Gasteiger partial charge in [0.05, 0.1) is 24.1 Å². The van der Waals surface area contributed by atoms with Crippen LogP contribution in [0.2, 0.25) is 0 Å². The largest absolute Gasteiger partial charge is 0.472 e. The molecule has 1 aromatic carbocycles. The molecular weight excluding hydrogens is 266 g/mol. The van der Waals surface area contributed by atoms with E-state index in [0.29, 0.717) is 6.61 Å². The molecule has 0 amide bonds. The molecule has 1 atom stereocenters. The van der Waals surface area contributed by atoms with Gasteiger partial charge < -0.3 is 9.15 Å². The van der Waals surface area contributed by atoms with Gasteiger partial charge in [-0.05, 0) is 24.6 Å². The zero-order chi connectivity index (χ0) is 14.1. The highest BCUT2D eigenvalue weighted by Crippen LogP contribution is 2.27. The van der Waals surface area contributed by atoms with E-state index in [1.807, 2.05) is 41.1 Å². The van der Waals surface area contributed by atoms with Gasteiger partial charge in [-0.15, -0.1) is 0 Å². The summed E-state index contributed by atoms with van der Waals surface area (Å²) in [5.74, 6) is 1.92. The van der Waals surface area contributed by atoms with Gasteiger partial charge in [0.1, 0.15) is 6.26 Å². The van der Waals surface area contributed by atoms with Crippen molar-refractivity contribution in [3.05, 3.63) is 54.7 Å². The maximum absolute atomic E-state index is 5.45. The molecule has 0 saturated carbocycles. The molecule has 106 valence electrons. The molecule has 3 aromatic rings. The number of nitrogens with zero attached hydrogens (tertiary/aromatic N) is 3. The molecule has 0 radical (unpaired) electrons. The van der Waals surface area contributed by atoms with E-state index in [0.717, 1.165) is 35.9 Å². The van der Waals surface area contributed by atoms with E-state index in [9.17, 15) is 0 Å². The highest BCUT2D eigenvalue weighted by atomic mass is 16.5. The molecule has 4 rings (SSSR count). The summed E-state index contributed by atoms with van der Waals surface area (Å²) in [5, 5.41) is 4.70. The molecule has 1 aliphatic heterocycles. The minimum atomic E-state index is 0.278.